The summed E-state index contributed by atoms with van der Waals surface area (Å²) in [5.74, 6) is -1.55. The molecule has 0 bridgehead atoms. The summed E-state index contributed by atoms with van der Waals surface area (Å²) in [7, 11) is 0. The summed E-state index contributed by atoms with van der Waals surface area (Å²) in [4.78, 5) is 23.3. The Balaban J connectivity index is 2.94. The van der Waals surface area contributed by atoms with Crippen LogP contribution in [-0.2, 0) is 4.79 Å². The molecule has 1 aromatic rings. The maximum Gasteiger partial charge on any atom is 0.326 e. The minimum atomic E-state index is -1.02. The van der Waals surface area contributed by atoms with Gasteiger partial charge in [0.15, 0.2) is 0 Å². The number of hydrogen-bond donors (Lipinski definition) is 2. The van der Waals surface area contributed by atoms with E-state index in [-0.39, 0.29) is 5.92 Å². The minimum Gasteiger partial charge on any atom is -0.480 e. The third-order valence-electron chi connectivity index (χ3n) is 2.94. The molecule has 2 atom stereocenters. The lowest BCUT2D eigenvalue weighted by atomic mass is 9.99. The normalized spacial score (nSPS) is 13.7. The molecule has 0 fully saturated rings. The Hall–Kier alpha value is -0.880. The number of amides is 1. The molecule has 0 heterocycles. The van der Waals surface area contributed by atoms with Gasteiger partial charge in [-0.1, -0.05) is 36.2 Å². The Labute approximate surface area is 128 Å². The van der Waals surface area contributed by atoms with Crippen LogP contribution >= 0.6 is 31.9 Å². The second-order valence-electron chi connectivity index (χ2n) is 4.30. The average Bonchev–Trinajstić information content (AvgIpc) is 2.37. The fourth-order valence-electron chi connectivity index (χ4n) is 1.57. The third-order valence-corrected chi connectivity index (χ3v) is 4.12. The van der Waals surface area contributed by atoms with Gasteiger partial charge in [0.25, 0.3) is 5.91 Å². The number of aliphatic carboxylic acids is 1. The number of rotatable bonds is 5. The number of hydrogen-bond acceptors (Lipinski definition) is 2. The number of nitrogens with one attached hydrogen (secondary N) is 1. The van der Waals surface area contributed by atoms with Crippen molar-refractivity contribution < 1.29 is 14.7 Å². The Morgan fingerprint density at radius 1 is 1.37 bits per heavy atom. The van der Waals surface area contributed by atoms with E-state index in [4.69, 9.17) is 5.11 Å². The van der Waals surface area contributed by atoms with E-state index in [2.05, 4.69) is 37.2 Å². The summed E-state index contributed by atoms with van der Waals surface area (Å²) in [5.41, 5.74) is 0.406. The van der Waals surface area contributed by atoms with Crippen molar-refractivity contribution in [2.75, 3.05) is 0 Å². The molecular weight excluding hydrogens is 378 g/mol. The van der Waals surface area contributed by atoms with Crippen LogP contribution in [0.25, 0.3) is 0 Å². The van der Waals surface area contributed by atoms with Crippen molar-refractivity contribution in [1.82, 2.24) is 5.32 Å². The molecule has 0 unspecified atom stereocenters. The highest BCUT2D eigenvalue weighted by atomic mass is 79.9. The zero-order chi connectivity index (χ0) is 14.6. The van der Waals surface area contributed by atoms with Gasteiger partial charge in [0.05, 0.1) is 5.56 Å². The zero-order valence-electron chi connectivity index (χ0n) is 10.6. The Kier molecular flexibility index (Phi) is 6.00. The van der Waals surface area contributed by atoms with Gasteiger partial charge in [0.1, 0.15) is 6.04 Å². The van der Waals surface area contributed by atoms with Crippen molar-refractivity contribution in [1.29, 1.82) is 0 Å². The Morgan fingerprint density at radius 2 is 2.00 bits per heavy atom. The van der Waals surface area contributed by atoms with Crippen molar-refractivity contribution in [2.45, 2.75) is 26.3 Å². The number of carboxylic acids is 1. The van der Waals surface area contributed by atoms with Crippen LogP contribution in [0.2, 0.25) is 0 Å². The van der Waals surface area contributed by atoms with E-state index < -0.39 is 17.9 Å². The molecule has 4 nitrogen and oxygen atoms in total. The van der Waals surface area contributed by atoms with Crippen LogP contribution < -0.4 is 5.32 Å². The number of benzene rings is 1. The number of halogens is 2. The van der Waals surface area contributed by atoms with E-state index >= 15 is 0 Å². The van der Waals surface area contributed by atoms with Crippen molar-refractivity contribution >= 4 is 43.7 Å². The Morgan fingerprint density at radius 3 is 2.53 bits per heavy atom. The van der Waals surface area contributed by atoms with Crippen molar-refractivity contribution in [3.05, 3.63) is 32.7 Å². The van der Waals surface area contributed by atoms with Crippen LogP contribution in [0.15, 0.2) is 27.1 Å². The molecule has 0 spiro atoms. The molecule has 0 saturated carbocycles. The number of carbonyl (C=O) groups is 2. The van der Waals surface area contributed by atoms with E-state index in [0.29, 0.717) is 16.5 Å². The van der Waals surface area contributed by atoms with Crippen molar-refractivity contribution in [3.8, 4) is 0 Å². The molecule has 6 heteroatoms. The number of carboxylic acid groups (broad SMARTS) is 1. The van der Waals surface area contributed by atoms with E-state index in [1.807, 2.05) is 6.92 Å². The van der Waals surface area contributed by atoms with Crippen LogP contribution in [0.1, 0.15) is 30.6 Å². The highest BCUT2D eigenvalue weighted by molar-refractivity contribution is 9.11. The van der Waals surface area contributed by atoms with Gasteiger partial charge in [-0.3, -0.25) is 4.79 Å². The first kappa shape index (κ1) is 16.2. The van der Waals surface area contributed by atoms with Crippen molar-refractivity contribution in [3.63, 3.8) is 0 Å². The summed E-state index contributed by atoms with van der Waals surface area (Å²) < 4.78 is 1.39. The van der Waals surface area contributed by atoms with Gasteiger partial charge in [-0.25, -0.2) is 4.79 Å². The highest BCUT2D eigenvalue weighted by Gasteiger charge is 2.26. The average molecular weight is 393 g/mol. The Bertz CT molecular complexity index is 491. The van der Waals surface area contributed by atoms with Gasteiger partial charge in [-0.2, -0.15) is 0 Å². The predicted octanol–water partition coefficient (Wildman–Crippen LogP) is 3.44. The first-order chi connectivity index (χ1) is 8.86. The SMILES string of the molecule is CC[C@H](C)[C@H](NC(=O)c1cc(Br)ccc1Br)C(=O)O. The van der Waals surface area contributed by atoms with Gasteiger partial charge >= 0.3 is 5.97 Å². The second kappa shape index (κ2) is 7.05. The third kappa shape index (κ3) is 4.31. The first-order valence-electron chi connectivity index (χ1n) is 5.85. The molecule has 0 saturated heterocycles. The van der Waals surface area contributed by atoms with E-state index in [1.165, 1.54) is 0 Å². The minimum absolute atomic E-state index is 0.132. The van der Waals surface area contributed by atoms with Crippen molar-refractivity contribution in [2.24, 2.45) is 5.92 Å². The predicted molar refractivity (Wildman–Crippen MR) is 80.2 cm³/mol. The van der Waals surface area contributed by atoms with E-state index in [1.54, 1.807) is 25.1 Å². The maximum atomic E-state index is 12.1. The molecule has 0 aliphatic carbocycles. The molecule has 1 aromatic carbocycles. The quantitative estimate of drug-likeness (QED) is 0.806. The van der Waals surface area contributed by atoms with Gasteiger partial charge in [-0.05, 0) is 40.0 Å². The highest BCUT2D eigenvalue weighted by Crippen LogP contribution is 2.22. The van der Waals surface area contributed by atoms with E-state index in [0.717, 1.165) is 4.47 Å². The molecule has 0 radical (unpaired) electrons. The molecular formula is C13H15Br2NO3. The summed E-state index contributed by atoms with van der Waals surface area (Å²) >= 11 is 6.57. The summed E-state index contributed by atoms with van der Waals surface area (Å²) in [6.07, 6.45) is 0.677. The topological polar surface area (TPSA) is 66.4 Å². The summed E-state index contributed by atoms with van der Waals surface area (Å²) in [6, 6.07) is 4.29. The second-order valence-corrected chi connectivity index (χ2v) is 6.07. The lowest BCUT2D eigenvalue weighted by Crippen LogP contribution is -2.45. The monoisotopic (exact) mass is 391 g/mol. The summed E-state index contributed by atoms with van der Waals surface area (Å²) in [6.45, 7) is 3.69. The molecule has 0 aromatic heterocycles. The van der Waals surface area contributed by atoms with E-state index in [9.17, 15) is 9.59 Å². The fourth-order valence-corrected chi connectivity index (χ4v) is 2.36. The van der Waals surface area contributed by atoms with Crippen LogP contribution in [0.3, 0.4) is 0 Å². The van der Waals surface area contributed by atoms with Crippen LogP contribution in [0.4, 0.5) is 0 Å². The van der Waals surface area contributed by atoms with Gasteiger partial charge in [0, 0.05) is 8.95 Å². The summed E-state index contributed by atoms with van der Waals surface area (Å²) in [5, 5.41) is 11.7. The van der Waals surface area contributed by atoms with Gasteiger partial charge < -0.3 is 10.4 Å². The maximum absolute atomic E-state index is 12.1. The van der Waals surface area contributed by atoms with Gasteiger partial charge in [-0.15, -0.1) is 0 Å². The molecule has 0 aliphatic rings. The standard InChI is InChI=1S/C13H15Br2NO3/c1-3-7(2)11(13(18)19)16-12(17)9-6-8(14)4-5-10(9)15/h4-7,11H,3H2,1-2H3,(H,16,17)(H,18,19)/t7-,11-/m0/s1. The van der Waals surface area contributed by atoms with Crippen LogP contribution in [0, 0.1) is 5.92 Å². The molecule has 1 rings (SSSR count). The molecule has 2 N–H and O–H groups in total. The smallest absolute Gasteiger partial charge is 0.326 e. The van der Waals surface area contributed by atoms with Crippen LogP contribution in [-0.4, -0.2) is 23.0 Å². The lowest BCUT2D eigenvalue weighted by Gasteiger charge is -2.20. The number of carbonyl (C=O) groups excluding carboxylic acids is 1. The molecule has 104 valence electrons. The van der Waals surface area contributed by atoms with Gasteiger partial charge in [0.2, 0.25) is 0 Å². The molecule has 19 heavy (non-hydrogen) atoms. The molecule has 0 aliphatic heterocycles. The largest absolute Gasteiger partial charge is 0.480 e. The zero-order valence-corrected chi connectivity index (χ0v) is 13.8. The fraction of sp³-hybridized carbons (Fsp3) is 0.385. The molecule has 1 amide bonds. The lowest BCUT2D eigenvalue weighted by molar-refractivity contribution is -0.140. The van der Waals surface area contributed by atoms with Crippen LogP contribution in [0.5, 0.6) is 0 Å². The first-order valence-corrected chi connectivity index (χ1v) is 7.44.